The minimum Gasteiger partial charge on any atom is -0.497 e. The molecule has 1 amide bonds. The molecule has 2 aromatic carbocycles. The number of carbonyl (C=O) groups is 2. The lowest BCUT2D eigenvalue weighted by atomic mass is 10.0. The van der Waals surface area contributed by atoms with Crippen molar-refractivity contribution < 1.29 is 14.3 Å². The molecule has 0 fully saturated rings. The summed E-state index contributed by atoms with van der Waals surface area (Å²) < 4.78 is 6.67. The van der Waals surface area contributed by atoms with Gasteiger partial charge in [-0.1, -0.05) is 18.2 Å². The Morgan fingerprint density at radius 3 is 2.41 bits per heavy atom. The number of ketones is 1. The third-order valence-electron chi connectivity index (χ3n) is 5.03. The monoisotopic (exact) mass is 427 g/mol. The van der Waals surface area contributed by atoms with E-state index >= 15 is 0 Å². The molecular formula is C25H21N3O4. The summed E-state index contributed by atoms with van der Waals surface area (Å²) in [5.41, 5.74) is 1.60. The number of benzene rings is 2. The van der Waals surface area contributed by atoms with E-state index in [0.29, 0.717) is 28.3 Å². The summed E-state index contributed by atoms with van der Waals surface area (Å²) in [6.07, 6.45) is 1.41. The standard InChI is InChI=1S/C25H21N3O4/c1-16-8-13-20-24(31)21(23(30)17-9-11-19(32-2)12-10-17)14-28(25(20)26-16)15-22(29)27-18-6-4-3-5-7-18/h3-14H,15H2,1-2H3,(H,27,29). The first-order chi connectivity index (χ1) is 15.5. The number of pyridine rings is 2. The van der Waals surface area contributed by atoms with Gasteiger partial charge in [0.2, 0.25) is 11.3 Å². The minimum absolute atomic E-state index is 0.0270. The second kappa shape index (κ2) is 8.85. The van der Waals surface area contributed by atoms with Crippen LogP contribution in [-0.4, -0.2) is 28.4 Å². The van der Waals surface area contributed by atoms with Gasteiger partial charge in [-0.3, -0.25) is 14.4 Å². The summed E-state index contributed by atoms with van der Waals surface area (Å²) in [7, 11) is 1.54. The number of nitrogens with zero attached hydrogens (tertiary/aromatic N) is 2. The van der Waals surface area contributed by atoms with E-state index in [1.807, 2.05) is 18.2 Å². The number of ether oxygens (including phenoxy) is 1. The van der Waals surface area contributed by atoms with Gasteiger partial charge in [-0.2, -0.15) is 0 Å². The third kappa shape index (κ3) is 4.27. The fourth-order valence-corrected chi connectivity index (χ4v) is 3.42. The zero-order chi connectivity index (χ0) is 22.7. The average molecular weight is 427 g/mol. The molecule has 0 aliphatic rings. The van der Waals surface area contributed by atoms with Crippen LogP contribution < -0.4 is 15.5 Å². The molecule has 0 saturated carbocycles. The molecule has 0 aliphatic carbocycles. The highest BCUT2D eigenvalue weighted by molar-refractivity contribution is 6.10. The predicted octanol–water partition coefficient (Wildman–Crippen LogP) is 3.58. The van der Waals surface area contributed by atoms with Crippen LogP contribution in [0.5, 0.6) is 5.75 Å². The number of aromatic nitrogens is 2. The Hall–Kier alpha value is -4.26. The van der Waals surface area contributed by atoms with E-state index in [0.717, 1.165) is 0 Å². The topological polar surface area (TPSA) is 90.3 Å². The SMILES string of the molecule is COc1ccc(C(=O)c2cn(CC(=O)Nc3ccccc3)c3nc(C)ccc3c2=O)cc1. The fourth-order valence-electron chi connectivity index (χ4n) is 3.42. The van der Waals surface area contributed by atoms with Gasteiger partial charge in [-0.25, -0.2) is 4.98 Å². The zero-order valence-electron chi connectivity index (χ0n) is 17.7. The van der Waals surface area contributed by atoms with Crippen molar-refractivity contribution in [1.82, 2.24) is 9.55 Å². The molecule has 0 unspecified atom stereocenters. The van der Waals surface area contributed by atoms with Crippen LogP contribution in [0.15, 0.2) is 77.7 Å². The third-order valence-corrected chi connectivity index (χ3v) is 5.03. The Kier molecular flexibility index (Phi) is 5.81. The Balaban J connectivity index is 1.76. The van der Waals surface area contributed by atoms with E-state index in [2.05, 4.69) is 10.3 Å². The van der Waals surface area contributed by atoms with Gasteiger partial charge in [0.15, 0.2) is 5.78 Å². The molecule has 0 radical (unpaired) electrons. The quantitative estimate of drug-likeness (QED) is 0.475. The van der Waals surface area contributed by atoms with Gasteiger partial charge in [0.25, 0.3) is 0 Å². The van der Waals surface area contributed by atoms with E-state index < -0.39 is 11.2 Å². The normalized spacial score (nSPS) is 10.7. The number of fused-ring (bicyclic) bond motifs is 1. The first-order valence-corrected chi connectivity index (χ1v) is 10.0. The van der Waals surface area contributed by atoms with Gasteiger partial charge in [0.1, 0.15) is 17.9 Å². The number of carbonyl (C=O) groups excluding carboxylic acids is 2. The van der Waals surface area contributed by atoms with Crippen LogP contribution in [0.25, 0.3) is 11.0 Å². The van der Waals surface area contributed by atoms with Crippen LogP contribution >= 0.6 is 0 Å². The Morgan fingerprint density at radius 1 is 1.00 bits per heavy atom. The second-order valence-electron chi connectivity index (χ2n) is 7.30. The number of nitrogens with one attached hydrogen (secondary N) is 1. The van der Waals surface area contributed by atoms with Crippen molar-refractivity contribution in [1.29, 1.82) is 0 Å². The van der Waals surface area contributed by atoms with E-state index in [1.165, 1.54) is 13.3 Å². The molecule has 2 heterocycles. The molecule has 0 atom stereocenters. The van der Waals surface area contributed by atoms with Crippen LogP contribution in [0.2, 0.25) is 0 Å². The molecule has 7 heteroatoms. The number of amides is 1. The number of aryl methyl sites for hydroxylation is 1. The number of methoxy groups -OCH3 is 1. The summed E-state index contributed by atoms with van der Waals surface area (Å²) in [4.78, 5) is 43.4. The van der Waals surface area contributed by atoms with Crippen molar-refractivity contribution in [2.24, 2.45) is 0 Å². The largest absolute Gasteiger partial charge is 0.497 e. The maximum Gasteiger partial charge on any atom is 0.244 e. The molecule has 0 bridgehead atoms. The molecule has 0 saturated heterocycles. The van der Waals surface area contributed by atoms with E-state index in [-0.39, 0.29) is 23.4 Å². The molecule has 2 aromatic heterocycles. The summed E-state index contributed by atoms with van der Waals surface area (Å²) in [5.74, 6) is -0.126. The highest BCUT2D eigenvalue weighted by Crippen LogP contribution is 2.17. The van der Waals surface area contributed by atoms with Gasteiger partial charge in [-0.15, -0.1) is 0 Å². The highest BCUT2D eigenvalue weighted by atomic mass is 16.5. The maximum atomic E-state index is 13.1. The van der Waals surface area contributed by atoms with E-state index in [1.54, 1.807) is 60.0 Å². The number of anilines is 1. The van der Waals surface area contributed by atoms with Crippen LogP contribution in [0.4, 0.5) is 5.69 Å². The van der Waals surface area contributed by atoms with Crippen molar-refractivity contribution in [3.8, 4) is 5.75 Å². The lowest BCUT2D eigenvalue weighted by Crippen LogP contribution is -2.25. The predicted molar refractivity (Wildman–Crippen MR) is 122 cm³/mol. The second-order valence-corrected chi connectivity index (χ2v) is 7.30. The maximum absolute atomic E-state index is 13.1. The Labute approximate surface area is 184 Å². The number of rotatable bonds is 6. The van der Waals surface area contributed by atoms with E-state index in [4.69, 9.17) is 4.74 Å². The van der Waals surface area contributed by atoms with Gasteiger partial charge >= 0.3 is 0 Å². The fraction of sp³-hybridized carbons (Fsp3) is 0.120. The van der Waals surface area contributed by atoms with Gasteiger partial charge in [0, 0.05) is 23.1 Å². The Morgan fingerprint density at radius 2 is 1.72 bits per heavy atom. The number of hydrogen-bond donors (Lipinski definition) is 1. The molecule has 0 aliphatic heterocycles. The van der Waals surface area contributed by atoms with E-state index in [9.17, 15) is 14.4 Å². The molecule has 7 nitrogen and oxygen atoms in total. The van der Waals surface area contributed by atoms with Crippen molar-refractivity contribution in [3.05, 3.63) is 100.0 Å². The lowest BCUT2D eigenvalue weighted by Gasteiger charge is -2.13. The number of hydrogen-bond acceptors (Lipinski definition) is 5. The van der Waals surface area contributed by atoms with Gasteiger partial charge in [0.05, 0.1) is 18.1 Å². The minimum atomic E-state index is -0.433. The molecule has 4 aromatic rings. The van der Waals surface area contributed by atoms with Crippen LogP contribution in [0.1, 0.15) is 21.6 Å². The summed E-state index contributed by atoms with van der Waals surface area (Å²) in [6.45, 7) is 1.69. The molecule has 32 heavy (non-hydrogen) atoms. The molecule has 160 valence electrons. The van der Waals surface area contributed by atoms with Crippen molar-refractivity contribution in [2.75, 3.05) is 12.4 Å². The van der Waals surface area contributed by atoms with Crippen molar-refractivity contribution >= 4 is 28.4 Å². The molecule has 1 N–H and O–H groups in total. The molecular weight excluding hydrogens is 406 g/mol. The van der Waals surface area contributed by atoms with Crippen LogP contribution in [-0.2, 0) is 11.3 Å². The van der Waals surface area contributed by atoms with Crippen molar-refractivity contribution in [2.45, 2.75) is 13.5 Å². The summed E-state index contributed by atoms with van der Waals surface area (Å²) in [5, 5.41) is 3.09. The first-order valence-electron chi connectivity index (χ1n) is 10.0. The smallest absolute Gasteiger partial charge is 0.244 e. The van der Waals surface area contributed by atoms with Gasteiger partial charge in [-0.05, 0) is 55.5 Å². The zero-order valence-corrected chi connectivity index (χ0v) is 17.7. The number of para-hydroxylation sites is 1. The highest BCUT2D eigenvalue weighted by Gasteiger charge is 2.19. The summed E-state index contributed by atoms with van der Waals surface area (Å²) >= 11 is 0. The summed E-state index contributed by atoms with van der Waals surface area (Å²) in [6, 6.07) is 18.9. The first kappa shape index (κ1) is 21.0. The van der Waals surface area contributed by atoms with Crippen molar-refractivity contribution in [3.63, 3.8) is 0 Å². The average Bonchev–Trinajstić information content (AvgIpc) is 2.81. The Bertz CT molecular complexity index is 1360. The van der Waals surface area contributed by atoms with Crippen LogP contribution in [0.3, 0.4) is 0 Å². The van der Waals surface area contributed by atoms with Crippen LogP contribution in [0, 0.1) is 6.92 Å². The molecule has 0 spiro atoms. The lowest BCUT2D eigenvalue weighted by molar-refractivity contribution is -0.116. The van der Waals surface area contributed by atoms with Gasteiger partial charge < -0.3 is 14.6 Å². The molecule has 4 rings (SSSR count).